The predicted molar refractivity (Wildman–Crippen MR) is 166 cm³/mol. The first-order chi connectivity index (χ1) is 20.1. The summed E-state index contributed by atoms with van der Waals surface area (Å²) in [5.74, 6) is 0.0137. The zero-order valence-electron chi connectivity index (χ0n) is 24.1. The molecule has 2 N–H and O–H groups in total. The Kier molecular flexibility index (Phi) is 13.4. The van der Waals surface area contributed by atoms with Crippen LogP contribution in [0, 0.1) is 0 Å². The molecule has 3 rings (SSSR count). The minimum atomic E-state index is -0.994. The van der Waals surface area contributed by atoms with Crippen molar-refractivity contribution in [3.05, 3.63) is 93.5 Å². The Morgan fingerprint density at radius 1 is 0.905 bits per heavy atom. The highest BCUT2D eigenvalue weighted by Gasteiger charge is 2.18. The Labute approximate surface area is 257 Å². The molecule has 0 fully saturated rings. The van der Waals surface area contributed by atoms with Gasteiger partial charge in [0.25, 0.3) is 0 Å². The first-order valence-corrected chi connectivity index (χ1v) is 14.6. The molecule has 8 nitrogen and oxygen atoms in total. The lowest BCUT2D eigenvalue weighted by atomic mass is 10.0. The summed E-state index contributed by atoms with van der Waals surface area (Å²) in [5, 5.41) is 13.3. The van der Waals surface area contributed by atoms with E-state index in [-0.39, 0.29) is 19.1 Å². The van der Waals surface area contributed by atoms with Gasteiger partial charge in [-0.1, -0.05) is 61.3 Å². The summed E-state index contributed by atoms with van der Waals surface area (Å²) in [6, 6.07) is 19.9. The summed E-state index contributed by atoms with van der Waals surface area (Å²) >= 11 is 12.2. The largest absolute Gasteiger partial charge is 0.492 e. The van der Waals surface area contributed by atoms with Crippen LogP contribution in [0.4, 0.5) is 10.5 Å². The lowest BCUT2D eigenvalue weighted by Crippen LogP contribution is -2.40. The van der Waals surface area contributed by atoms with Crippen LogP contribution in [0.5, 0.6) is 5.75 Å². The summed E-state index contributed by atoms with van der Waals surface area (Å²) in [4.78, 5) is 26.2. The van der Waals surface area contributed by atoms with Crippen molar-refractivity contribution in [3.8, 4) is 5.75 Å². The molecule has 0 spiro atoms. The number of carbonyl (C=O) groups is 2. The summed E-state index contributed by atoms with van der Waals surface area (Å²) in [7, 11) is 0. The van der Waals surface area contributed by atoms with Crippen molar-refractivity contribution in [1.82, 2.24) is 4.90 Å². The maximum absolute atomic E-state index is 13.2. The van der Waals surface area contributed by atoms with Gasteiger partial charge in [-0.2, -0.15) is 0 Å². The van der Waals surface area contributed by atoms with E-state index in [1.54, 1.807) is 42.2 Å². The van der Waals surface area contributed by atoms with E-state index in [9.17, 15) is 14.7 Å². The van der Waals surface area contributed by atoms with Crippen LogP contribution in [0.25, 0.3) is 0 Å². The van der Waals surface area contributed by atoms with Crippen LogP contribution < -0.4 is 10.1 Å². The van der Waals surface area contributed by atoms with Crippen molar-refractivity contribution in [2.24, 2.45) is 0 Å². The topological polar surface area (TPSA) is 97.3 Å². The highest BCUT2D eigenvalue weighted by Crippen LogP contribution is 2.20. The number of halogens is 2. The van der Waals surface area contributed by atoms with Gasteiger partial charge in [0.2, 0.25) is 0 Å². The number of nitrogens with zero attached hydrogens (tertiary/aromatic N) is 1. The predicted octanol–water partition coefficient (Wildman–Crippen LogP) is 7.28. The molecule has 3 aromatic carbocycles. The molecule has 42 heavy (non-hydrogen) atoms. The van der Waals surface area contributed by atoms with Crippen LogP contribution in [-0.2, 0) is 27.3 Å². The van der Waals surface area contributed by atoms with Crippen LogP contribution in [-0.4, -0.2) is 61.0 Å². The van der Waals surface area contributed by atoms with Crippen LogP contribution in [0.2, 0.25) is 10.0 Å². The lowest BCUT2D eigenvalue weighted by molar-refractivity contribution is -0.149. The molecule has 0 aliphatic heterocycles. The zero-order valence-corrected chi connectivity index (χ0v) is 25.7. The van der Waals surface area contributed by atoms with Gasteiger partial charge >= 0.3 is 12.0 Å². The fourth-order valence-electron chi connectivity index (χ4n) is 4.16. The van der Waals surface area contributed by atoms with Gasteiger partial charge in [-0.25, -0.2) is 9.59 Å². The Balaban J connectivity index is 1.57. The minimum absolute atomic E-state index is 0.250. The molecular formula is C32H38Cl2N2O6. The number of amides is 2. The van der Waals surface area contributed by atoms with E-state index in [0.717, 1.165) is 11.1 Å². The number of carboxylic acid groups (broad SMARTS) is 1. The monoisotopic (exact) mass is 616 g/mol. The first kappa shape index (κ1) is 33.2. The van der Waals surface area contributed by atoms with Gasteiger partial charge in [0.1, 0.15) is 12.4 Å². The zero-order chi connectivity index (χ0) is 30.5. The van der Waals surface area contributed by atoms with Crippen molar-refractivity contribution in [2.45, 2.75) is 45.8 Å². The number of hydrogen-bond donors (Lipinski definition) is 2. The summed E-state index contributed by atoms with van der Waals surface area (Å²) in [6.07, 6.45) is -0.634. The van der Waals surface area contributed by atoms with Crippen LogP contribution in [0.1, 0.15) is 43.4 Å². The van der Waals surface area contributed by atoms with Gasteiger partial charge in [0.05, 0.1) is 19.8 Å². The molecule has 0 aliphatic carbocycles. The average Bonchev–Trinajstić information content (AvgIpc) is 2.94. The Morgan fingerprint density at radius 3 is 2.14 bits per heavy atom. The molecule has 3 aromatic rings. The number of hydrogen-bond acceptors (Lipinski definition) is 5. The third kappa shape index (κ3) is 11.2. The van der Waals surface area contributed by atoms with E-state index >= 15 is 0 Å². The minimum Gasteiger partial charge on any atom is -0.492 e. The number of carbonyl (C=O) groups excluding carboxylic acids is 1. The summed E-state index contributed by atoms with van der Waals surface area (Å²) < 4.78 is 17.0. The second kappa shape index (κ2) is 17.0. The maximum Gasteiger partial charge on any atom is 0.333 e. The van der Waals surface area contributed by atoms with Gasteiger partial charge in [-0.05, 0) is 72.0 Å². The normalized spacial score (nSPS) is 11.8. The van der Waals surface area contributed by atoms with Crippen molar-refractivity contribution in [1.29, 1.82) is 0 Å². The second-order valence-electron chi connectivity index (χ2n) is 10.0. The molecule has 0 bridgehead atoms. The van der Waals surface area contributed by atoms with Gasteiger partial charge in [0, 0.05) is 35.3 Å². The molecule has 2 amide bonds. The number of anilines is 1. The van der Waals surface area contributed by atoms with Crippen LogP contribution in [0.15, 0.2) is 66.7 Å². The third-order valence-electron chi connectivity index (χ3n) is 6.43. The number of urea groups is 1. The number of carboxylic acids is 1. The molecule has 226 valence electrons. The first-order valence-electron chi connectivity index (χ1n) is 13.9. The highest BCUT2D eigenvalue weighted by molar-refractivity contribution is 6.34. The van der Waals surface area contributed by atoms with Crippen molar-refractivity contribution < 1.29 is 28.9 Å². The van der Waals surface area contributed by atoms with Gasteiger partial charge in [0.15, 0.2) is 6.10 Å². The molecule has 0 aliphatic rings. The SMILES string of the molecule is CCOC(Cc1ccc(OCCN(CCOCc2cc(Cl)cc(Cl)c2)C(=O)Nc2ccc(C(C)C)cc2)cc1)C(=O)O. The van der Waals surface area contributed by atoms with E-state index in [0.29, 0.717) is 60.3 Å². The molecule has 0 aromatic heterocycles. The lowest BCUT2D eigenvalue weighted by Gasteiger charge is -2.23. The quantitative estimate of drug-likeness (QED) is 0.164. The molecule has 1 unspecified atom stereocenters. The highest BCUT2D eigenvalue weighted by atomic mass is 35.5. The van der Waals surface area contributed by atoms with E-state index in [4.69, 9.17) is 37.4 Å². The molecule has 10 heteroatoms. The molecule has 0 radical (unpaired) electrons. The molecule has 0 saturated carbocycles. The van der Waals surface area contributed by atoms with Gasteiger partial charge in [-0.15, -0.1) is 0 Å². The van der Waals surface area contributed by atoms with Crippen molar-refractivity contribution in [3.63, 3.8) is 0 Å². The Bertz CT molecular complexity index is 1260. The van der Waals surface area contributed by atoms with E-state index in [1.807, 2.05) is 36.4 Å². The average molecular weight is 618 g/mol. The standard InChI is InChI=1S/C32H38Cl2N2O6/c1-4-41-30(31(37)38)19-23-5-11-29(12-6-23)42-16-14-36(13-15-40-21-24-17-26(33)20-27(34)18-24)32(39)35-28-9-7-25(8-10-28)22(2)3/h5-12,17-18,20,22,30H,4,13-16,19,21H2,1-3H3,(H,35,39)(H,37,38). The molecular weight excluding hydrogens is 579 g/mol. The van der Waals surface area contributed by atoms with Crippen molar-refractivity contribution >= 4 is 40.9 Å². The van der Waals surface area contributed by atoms with E-state index < -0.39 is 12.1 Å². The summed E-state index contributed by atoms with van der Waals surface area (Å²) in [5.41, 5.74) is 3.56. The van der Waals surface area contributed by atoms with Gasteiger partial charge < -0.3 is 29.5 Å². The molecule has 0 saturated heterocycles. The maximum atomic E-state index is 13.2. The Hall–Kier alpha value is -3.30. The number of nitrogens with one attached hydrogen (secondary N) is 1. The van der Waals surface area contributed by atoms with E-state index in [1.165, 1.54) is 5.56 Å². The third-order valence-corrected chi connectivity index (χ3v) is 6.87. The smallest absolute Gasteiger partial charge is 0.333 e. The van der Waals surface area contributed by atoms with Crippen molar-refractivity contribution in [2.75, 3.05) is 38.2 Å². The molecule has 1 atom stereocenters. The van der Waals surface area contributed by atoms with Crippen LogP contribution >= 0.6 is 23.2 Å². The summed E-state index contributed by atoms with van der Waals surface area (Å²) in [6.45, 7) is 7.83. The number of ether oxygens (including phenoxy) is 3. The number of aliphatic carboxylic acids is 1. The van der Waals surface area contributed by atoms with Crippen LogP contribution in [0.3, 0.4) is 0 Å². The second-order valence-corrected chi connectivity index (χ2v) is 10.9. The number of rotatable bonds is 16. The fraction of sp³-hybridized carbons (Fsp3) is 0.375. The number of benzene rings is 3. The Morgan fingerprint density at radius 2 is 1.55 bits per heavy atom. The van der Waals surface area contributed by atoms with Gasteiger partial charge in [-0.3, -0.25) is 0 Å². The fourth-order valence-corrected chi connectivity index (χ4v) is 4.73. The molecule has 0 heterocycles. The van der Waals surface area contributed by atoms with E-state index in [2.05, 4.69) is 19.2 Å².